The molecule has 29 heavy (non-hydrogen) atoms. The molecule has 4 aromatic rings. The number of hydrogen-bond donors (Lipinski definition) is 1. The minimum Gasteiger partial charge on any atom is -0.480 e. The summed E-state index contributed by atoms with van der Waals surface area (Å²) in [5.74, 6) is -1.18. The number of aromatic nitrogens is 2. The lowest BCUT2D eigenvalue weighted by molar-refractivity contribution is -0.137. The van der Waals surface area contributed by atoms with Gasteiger partial charge in [-0.1, -0.05) is 23.5 Å². The number of likely N-dealkylation sites (N-methyl/N-ethyl adjacent to an activating group) is 1. The minimum atomic E-state index is -0.886. The second-order valence-electron chi connectivity index (χ2n) is 7.54. The summed E-state index contributed by atoms with van der Waals surface area (Å²) in [4.78, 5) is 18.4. The number of anilines is 1. The monoisotopic (exact) mass is 409 g/mol. The number of benzene rings is 2. The highest BCUT2D eigenvalue weighted by molar-refractivity contribution is 7.22. The van der Waals surface area contributed by atoms with Crippen molar-refractivity contribution in [3.05, 3.63) is 59.5 Å². The number of para-hydroxylation sites is 1. The lowest BCUT2D eigenvalue weighted by Gasteiger charge is -2.31. The van der Waals surface area contributed by atoms with Crippen molar-refractivity contribution < 1.29 is 14.3 Å². The van der Waals surface area contributed by atoms with Crippen LogP contribution in [0.3, 0.4) is 0 Å². The Morgan fingerprint density at radius 2 is 2.17 bits per heavy atom. The molecule has 148 valence electrons. The Kier molecular flexibility index (Phi) is 4.28. The zero-order chi connectivity index (χ0) is 20.1. The molecule has 2 aromatic carbocycles. The normalized spacial score (nSPS) is 16.3. The average Bonchev–Trinajstić information content (AvgIpc) is 3.26. The predicted molar refractivity (Wildman–Crippen MR) is 113 cm³/mol. The molecule has 0 saturated carbocycles. The maximum absolute atomic E-state index is 14.0. The third-order valence-corrected chi connectivity index (χ3v) is 6.96. The molecule has 1 atom stereocenters. The zero-order valence-electron chi connectivity index (χ0n) is 15.9. The van der Waals surface area contributed by atoms with E-state index in [1.165, 1.54) is 12.1 Å². The molecule has 1 aliphatic carbocycles. The molecule has 2 heterocycles. The summed E-state index contributed by atoms with van der Waals surface area (Å²) in [5.41, 5.74) is 3.87. The molecule has 1 unspecified atom stereocenters. The molecule has 7 heteroatoms. The molecule has 0 saturated heterocycles. The second kappa shape index (κ2) is 6.84. The smallest absolute Gasteiger partial charge is 0.323 e. The molecule has 0 radical (unpaired) electrons. The fourth-order valence-corrected chi connectivity index (χ4v) is 5.42. The first-order valence-electron chi connectivity index (χ1n) is 9.61. The summed E-state index contributed by atoms with van der Waals surface area (Å²) in [7, 11) is 2.06. The standard InChI is InChI=1S/C22H20FN3O2S/c1-25(22-24-17-4-2-3-5-20(17)29-22)14-7-9-19-16(11-14)15-10-13(23)6-8-18(15)26(19)12-21(27)28/h2-6,8,10,14H,7,9,11-12H2,1H3,(H,27,28). The van der Waals surface area contributed by atoms with Gasteiger partial charge in [0.15, 0.2) is 5.13 Å². The van der Waals surface area contributed by atoms with E-state index in [9.17, 15) is 14.3 Å². The Hall–Kier alpha value is -2.93. The molecule has 0 bridgehead atoms. The minimum absolute atomic E-state index is 0.101. The second-order valence-corrected chi connectivity index (χ2v) is 8.55. The van der Waals surface area contributed by atoms with Crippen molar-refractivity contribution in [2.45, 2.75) is 31.8 Å². The van der Waals surface area contributed by atoms with E-state index in [1.54, 1.807) is 17.4 Å². The van der Waals surface area contributed by atoms with Gasteiger partial charge in [-0.3, -0.25) is 4.79 Å². The van der Waals surface area contributed by atoms with Gasteiger partial charge in [0.05, 0.1) is 10.2 Å². The number of rotatable bonds is 4. The van der Waals surface area contributed by atoms with Gasteiger partial charge < -0.3 is 14.6 Å². The topological polar surface area (TPSA) is 58.4 Å². The Labute approximate surface area is 171 Å². The first-order chi connectivity index (χ1) is 14.0. The number of fused-ring (bicyclic) bond motifs is 4. The highest BCUT2D eigenvalue weighted by Crippen LogP contribution is 2.36. The van der Waals surface area contributed by atoms with E-state index in [0.717, 1.165) is 56.8 Å². The Morgan fingerprint density at radius 1 is 1.34 bits per heavy atom. The van der Waals surface area contributed by atoms with E-state index in [2.05, 4.69) is 18.0 Å². The number of aliphatic carboxylic acids is 1. The number of hydrogen-bond acceptors (Lipinski definition) is 4. The van der Waals surface area contributed by atoms with Crippen LogP contribution in [0.1, 0.15) is 17.7 Å². The van der Waals surface area contributed by atoms with Gasteiger partial charge in [0.25, 0.3) is 0 Å². The van der Waals surface area contributed by atoms with Crippen LogP contribution in [0.4, 0.5) is 9.52 Å². The van der Waals surface area contributed by atoms with Crippen LogP contribution in [0.5, 0.6) is 0 Å². The molecule has 0 amide bonds. The first kappa shape index (κ1) is 18.1. The van der Waals surface area contributed by atoms with Gasteiger partial charge in [-0.15, -0.1) is 0 Å². The van der Waals surface area contributed by atoms with Crippen molar-refractivity contribution in [1.29, 1.82) is 0 Å². The van der Waals surface area contributed by atoms with E-state index in [4.69, 9.17) is 4.98 Å². The van der Waals surface area contributed by atoms with E-state index in [1.807, 2.05) is 22.8 Å². The summed E-state index contributed by atoms with van der Waals surface area (Å²) in [6.07, 6.45) is 2.41. The molecular formula is C22H20FN3O2S. The zero-order valence-corrected chi connectivity index (χ0v) is 16.7. The third kappa shape index (κ3) is 3.06. The Morgan fingerprint density at radius 3 is 2.97 bits per heavy atom. The number of thiazole rings is 1. The average molecular weight is 409 g/mol. The molecule has 0 fully saturated rings. The van der Waals surface area contributed by atoms with Crippen LogP contribution >= 0.6 is 11.3 Å². The molecule has 1 aliphatic rings. The largest absolute Gasteiger partial charge is 0.480 e. The summed E-state index contributed by atoms with van der Waals surface area (Å²) in [5, 5.41) is 11.1. The van der Waals surface area contributed by atoms with Crippen molar-refractivity contribution in [1.82, 2.24) is 9.55 Å². The van der Waals surface area contributed by atoms with Crippen LogP contribution in [0.15, 0.2) is 42.5 Å². The summed E-state index contributed by atoms with van der Waals surface area (Å²) in [6.45, 7) is -0.101. The SMILES string of the molecule is CN(c1nc2ccccc2s1)C1CCc2c(c3cc(F)ccc3n2CC(=O)O)C1. The van der Waals surface area contributed by atoms with Crippen LogP contribution in [-0.2, 0) is 24.2 Å². The van der Waals surface area contributed by atoms with E-state index in [0.29, 0.717) is 0 Å². The van der Waals surface area contributed by atoms with Crippen LogP contribution < -0.4 is 4.90 Å². The number of carboxylic acids is 1. The van der Waals surface area contributed by atoms with Crippen molar-refractivity contribution in [2.24, 2.45) is 0 Å². The third-order valence-electron chi connectivity index (χ3n) is 5.83. The van der Waals surface area contributed by atoms with Crippen LogP contribution in [0.25, 0.3) is 21.1 Å². The first-order valence-corrected chi connectivity index (χ1v) is 10.4. The van der Waals surface area contributed by atoms with Crippen molar-refractivity contribution in [2.75, 3.05) is 11.9 Å². The van der Waals surface area contributed by atoms with Gasteiger partial charge in [-0.25, -0.2) is 9.37 Å². The van der Waals surface area contributed by atoms with E-state index in [-0.39, 0.29) is 18.4 Å². The number of halogens is 1. The van der Waals surface area contributed by atoms with Crippen LogP contribution in [0, 0.1) is 5.82 Å². The van der Waals surface area contributed by atoms with Gasteiger partial charge in [0.1, 0.15) is 12.4 Å². The quantitative estimate of drug-likeness (QED) is 0.540. The summed E-state index contributed by atoms with van der Waals surface area (Å²) in [6, 6.07) is 13.0. The molecule has 0 spiro atoms. The number of carboxylic acid groups (broad SMARTS) is 1. The van der Waals surface area contributed by atoms with Crippen molar-refractivity contribution in [3.8, 4) is 0 Å². The highest BCUT2D eigenvalue weighted by atomic mass is 32.1. The van der Waals surface area contributed by atoms with Crippen LogP contribution in [0.2, 0.25) is 0 Å². The summed E-state index contributed by atoms with van der Waals surface area (Å²) < 4.78 is 17.0. The number of carbonyl (C=O) groups is 1. The molecule has 0 aliphatic heterocycles. The predicted octanol–water partition coefficient (Wildman–Crippen LogP) is 4.47. The molecule has 2 aromatic heterocycles. The fraction of sp³-hybridized carbons (Fsp3) is 0.273. The van der Waals surface area contributed by atoms with Gasteiger partial charge in [0, 0.05) is 29.7 Å². The maximum atomic E-state index is 14.0. The summed E-state index contributed by atoms with van der Waals surface area (Å²) >= 11 is 1.67. The van der Waals surface area contributed by atoms with E-state index >= 15 is 0 Å². The van der Waals surface area contributed by atoms with E-state index < -0.39 is 5.97 Å². The van der Waals surface area contributed by atoms with Gasteiger partial charge in [-0.05, 0) is 55.2 Å². The van der Waals surface area contributed by atoms with Crippen molar-refractivity contribution in [3.63, 3.8) is 0 Å². The lowest BCUT2D eigenvalue weighted by Crippen LogP contribution is -2.36. The van der Waals surface area contributed by atoms with Crippen molar-refractivity contribution >= 4 is 43.6 Å². The van der Waals surface area contributed by atoms with Gasteiger partial charge in [-0.2, -0.15) is 0 Å². The van der Waals surface area contributed by atoms with Gasteiger partial charge >= 0.3 is 5.97 Å². The lowest BCUT2D eigenvalue weighted by atomic mass is 9.90. The molecule has 1 N–H and O–H groups in total. The van der Waals surface area contributed by atoms with Crippen LogP contribution in [-0.4, -0.2) is 33.7 Å². The Balaban J connectivity index is 1.53. The Bertz CT molecular complexity index is 1210. The fourth-order valence-electron chi connectivity index (χ4n) is 4.42. The molecule has 5 rings (SSSR count). The highest BCUT2D eigenvalue weighted by Gasteiger charge is 2.29. The molecular weight excluding hydrogens is 389 g/mol. The number of nitrogens with zero attached hydrogens (tertiary/aromatic N) is 3. The van der Waals surface area contributed by atoms with Gasteiger partial charge in [0.2, 0.25) is 0 Å². The maximum Gasteiger partial charge on any atom is 0.323 e. The molecule has 5 nitrogen and oxygen atoms in total.